The van der Waals surface area contributed by atoms with E-state index >= 15 is 0 Å². The molecule has 1 fully saturated rings. The summed E-state index contributed by atoms with van der Waals surface area (Å²) < 4.78 is 5.12. The van der Waals surface area contributed by atoms with E-state index in [1.54, 1.807) is 0 Å². The summed E-state index contributed by atoms with van der Waals surface area (Å²) in [6.07, 6.45) is 0. The van der Waals surface area contributed by atoms with Crippen molar-refractivity contribution in [3.05, 3.63) is 27.2 Å². The Morgan fingerprint density at radius 2 is 1.65 bits per heavy atom. The molecule has 20 heavy (non-hydrogen) atoms. The van der Waals surface area contributed by atoms with Gasteiger partial charge in [-0.2, -0.15) is 0 Å². The van der Waals surface area contributed by atoms with Gasteiger partial charge in [0.1, 0.15) is 0 Å². The van der Waals surface area contributed by atoms with E-state index in [4.69, 9.17) is 39.5 Å². The second-order valence-corrected chi connectivity index (χ2v) is 5.33. The Hall–Kier alpha value is -1.01. The van der Waals surface area contributed by atoms with E-state index in [-0.39, 0.29) is 20.8 Å². The van der Waals surface area contributed by atoms with Crippen LogP contribution in [0.1, 0.15) is 0 Å². The molecule has 1 aromatic rings. The number of nitrogens with zero attached hydrogens (tertiary/aromatic N) is 1. The van der Waals surface area contributed by atoms with Gasteiger partial charge in [0, 0.05) is 13.1 Å². The molecule has 2 rings (SSSR count). The van der Waals surface area contributed by atoms with Crippen LogP contribution in [-0.4, -0.2) is 43.0 Å². The number of ether oxygens (including phenoxy) is 1. The normalized spacial score (nSPS) is 15.1. The average Bonchev–Trinajstić information content (AvgIpc) is 2.44. The molecule has 1 saturated heterocycles. The monoisotopic (exact) mass is 336 g/mol. The van der Waals surface area contributed by atoms with Crippen LogP contribution in [0, 0.1) is 0 Å². The quantitative estimate of drug-likeness (QED) is 0.632. The molecule has 5 nitrogen and oxygen atoms in total. The van der Waals surface area contributed by atoms with Gasteiger partial charge in [0.2, 0.25) is 0 Å². The number of carbonyl (C=O) groups excluding carboxylic acids is 2. The average molecular weight is 338 g/mol. The Labute approximate surface area is 130 Å². The predicted molar refractivity (Wildman–Crippen MR) is 77.5 cm³/mol. The standard InChI is InChI=1S/C12H11Cl3N2O3/c13-7-5-9(15)10(6-8(7)14)16-11(18)12(19)17-1-3-20-4-2-17/h5-6H,1-4H2,(H,16,18). The SMILES string of the molecule is O=C(Nc1cc(Cl)c(Cl)cc1Cl)C(=O)N1CCOCC1. The first-order chi connectivity index (χ1) is 9.49. The van der Waals surface area contributed by atoms with E-state index in [9.17, 15) is 9.59 Å². The van der Waals surface area contributed by atoms with Crippen molar-refractivity contribution in [2.24, 2.45) is 0 Å². The summed E-state index contributed by atoms with van der Waals surface area (Å²) in [6.45, 7) is 1.63. The minimum atomic E-state index is -0.771. The fourth-order valence-electron chi connectivity index (χ4n) is 1.70. The highest BCUT2D eigenvalue weighted by Gasteiger charge is 2.24. The zero-order valence-corrected chi connectivity index (χ0v) is 12.6. The molecule has 0 atom stereocenters. The van der Waals surface area contributed by atoms with E-state index in [1.807, 2.05) is 0 Å². The van der Waals surface area contributed by atoms with Crippen molar-refractivity contribution < 1.29 is 14.3 Å². The van der Waals surface area contributed by atoms with Gasteiger partial charge in [-0.3, -0.25) is 9.59 Å². The minimum Gasteiger partial charge on any atom is -0.378 e. The summed E-state index contributed by atoms with van der Waals surface area (Å²) in [6, 6.07) is 2.80. The third kappa shape index (κ3) is 3.55. The number of halogens is 3. The Morgan fingerprint density at radius 3 is 2.30 bits per heavy atom. The number of hydrogen-bond donors (Lipinski definition) is 1. The first-order valence-corrected chi connectivity index (χ1v) is 6.95. The molecule has 108 valence electrons. The van der Waals surface area contributed by atoms with E-state index in [0.29, 0.717) is 26.3 Å². The van der Waals surface area contributed by atoms with E-state index in [0.717, 1.165) is 0 Å². The molecular weight excluding hydrogens is 327 g/mol. The van der Waals surface area contributed by atoms with Crippen LogP contribution in [0.3, 0.4) is 0 Å². The van der Waals surface area contributed by atoms with Gasteiger partial charge in [-0.25, -0.2) is 0 Å². The van der Waals surface area contributed by atoms with Gasteiger partial charge < -0.3 is 15.0 Å². The molecule has 1 aliphatic rings. The van der Waals surface area contributed by atoms with Crippen LogP contribution in [0.25, 0.3) is 0 Å². The predicted octanol–water partition coefficient (Wildman–Crippen LogP) is 2.44. The Balaban J connectivity index is 2.07. The highest BCUT2D eigenvalue weighted by molar-refractivity contribution is 6.45. The largest absolute Gasteiger partial charge is 0.378 e. The number of carbonyl (C=O) groups is 2. The summed E-state index contributed by atoms with van der Waals surface area (Å²) in [5.74, 6) is -1.40. The second-order valence-electron chi connectivity index (χ2n) is 4.10. The zero-order valence-electron chi connectivity index (χ0n) is 10.3. The van der Waals surface area contributed by atoms with Gasteiger partial charge in [-0.1, -0.05) is 34.8 Å². The lowest BCUT2D eigenvalue weighted by atomic mass is 10.3. The molecule has 0 unspecified atom stereocenters. The Bertz CT molecular complexity index is 545. The van der Waals surface area contributed by atoms with Crippen LogP contribution < -0.4 is 5.32 Å². The van der Waals surface area contributed by atoms with Crippen LogP contribution in [-0.2, 0) is 14.3 Å². The molecule has 0 aliphatic carbocycles. The van der Waals surface area contributed by atoms with Crippen LogP contribution in [0.5, 0.6) is 0 Å². The minimum absolute atomic E-state index is 0.211. The van der Waals surface area contributed by atoms with Gasteiger partial charge >= 0.3 is 11.8 Å². The van der Waals surface area contributed by atoms with Gasteiger partial charge in [-0.15, -0.1) is 0 Å². The van der Waals surface area contributed by atoms with Crippen molar-refractivity contribution in [3.63, 3.8) is 0 Å². The Kier molecular flexibility index (Phi) is 5.10. The summed E-state index contributed by atoms with van der Waals surface area (Å²) >= 11 is 17.6. The number of anilines is 1. The highest BCUT2D eigenvalue weighted by Crippen LogP contribution is 2.32. The molecule has 2 amide bonds. The lowest BCUT2D eigenvalue weighted by molar-refractivity contribution is -0.145. The first kappa shape index (κ1) is 15.4. The van der Waals surface area contributed by atoms with Gasteiger partial charge in [0.05, 0.1) is 34.0 Å². The Morgan fingerprint density at radius 1 is 1.05 bits per heavy atom. The lowest BCUT2D eigenvalue weighted by Crippen LogP contribution is -2.45. The number of benzene rings is 1. The van der Waals surface area contributed by atoms with Crippen molar-refractivity contribution in [1.29, 1.82) is 0 Å². The van der Waals surface area contributed by atoms with Gasteiger partial charge in [0.15, 0.2) is 0 Å². The zero-order chi connectivity index (χ0) is 14.7. The fourth-order valence-corrected chi connectivity index (χ4v) is 2.30. The van der Waals surface area contributed by atoms with Crippen LogP contribution in [0.4, 0.5) is 5.69 Å². The van der Waals surface area contributed by atoms with Crippen molar-refractivity contribution >= 4 is 52.3 Å². The molecule has 0 saturated carbocycles. The molecule has 0 bridgehead atoms. The maximum absolute atomic E-state index is 11.9. The van der Waals surface area contributed by atoms with E-state index in [2.05, 4.69) is 5.32 Å². The lowest BCUT2D eigenvalue weighted by Gasteiger charge is -2.26. The third-order valence-corrected chi connectivity index (χ3v) is 3.79. The number of rotatable bonds is 1. The van der Waals surface area contributed by atoms with Gasteiger partial charge in [0.25, 0.3) is 0 Å². The number of morpholine rings is 1. The second kappa shape index (κ2) is 6.63. The maximum Gasteiger partial charge on any atom is 0.313 e. The molecule has 1 aromatic carbocycles. The highest BCUT2D eigenvalue weighted by atomic mass is 35.5. The van der Waals surface area contributed by atoms with Crippen molar-refractivity contribution in [1.82, 2.24) is 4.90 Å². The maximum atomic E-state index is 11.9. The number of amides is 2. The van der Waals surface area contributed by atoms with E-state index in [1.165, 1.54) is 17.0 Å². The molecule has 0 aromatic heterocycles. The summed E-state index contributed by atoms with van der Waals surface area (Å²) in [5.41, 5.74) is 0.243. The smallest absolute Gasteiger partial charge is 0.313 e. The fraction of sp³-hybridized carbons (Fsp3) is 0.333. The summed E-state index contributed by atoms with van der Waals surface area (Å²) in [5, 5.41) is 3.15. The molecule has 1 N–H and O–H groups in total. The van der Waals surface area contributed by atoms with Crippen LogP contribution in [0.15, 0.2) is 12.1 Å². The molecular formula is C12H11Cl3N2O3. The first-order valence-electron chi connectivity index (χ1n) is 5.81. The number of nitrogens with one attached hydrogen (secondary N) is 1. The molecule has 1 heterocycles. The van der Waals surface area contributed by atoms with Gasteiger partial charge in [-0.05, 0) is 12.1 Å². The molecule has 1 aliphatic heterocycles. The van der Waals surface area contributed by atoms with Crippen LogP contribution in [0.2, 0.25) is 15.1 Å². The molecule has 0 spiro atoms. The van der Waals surface area contributed by atoms with Crippen molar-refractivity contribution in [2.45, 2.75) is 0 Å². The van der Waals surface area contributed by atoms with Crippen molar-refractivity contribution in [2.75, 3.05) is 31.6 Å². The number of hydrogen-bond acceptors (Lipinski definition) is 3. The topological polar surface area (TPSA) is 58.6 Å². The molecule has 0 radical (unpaired) electrons. The van der Waals surface area contributed by atoms with Crippen LogP contribution >= 0.6 is 34.8 Å². The summed E-state index contributed by atoms with van der Waals surface area (Å²) in [4.78, 5) is 25.2. The molecule has 8 heteroatoms. The van der Waals surface area contributed by atoms with E-state index < -0.39 is 11.8 Å². The van der Waals surface area contributed by atoms with Crippen molar-refractivity contribution in [3.8, 4) is 0 Å². The third-order valence-electron chi connectivity index (χ3n) is 2.75. The summed E-state index contributed by atoms with van der Waals surface area (Å²) in [7, 11) is 0.